The summed E-state index contributed by atoms with van der Waals surface area (Å²) >= 11 is 1.29. The molecular formula is C22H23F2NO7S2. The lowest BCUT2D eigenvalue weighted by molar-refractivity contribution is -0.119. The average Bonchev–Trinajstić information content (AvgIpc) is 3.14. The molecule has 12 heteroatoms. The van der Waals surface area contributed by atoms with Gasteiger partial charge in [0.05, 0.1) is 22.6 Å². The number of rotatable bonds is 8. The van der Waals surface area contributed by atoms with Gasteiger partial charge >= 0.3 is 17.7 Å². The predicted molar refractivity (Wildman–Crippen MR) is 120 cm³/mol. The van der Waals surface area contributed by atoms with Crippen LogP contribution in [0.5, 0.6) is 0 Å². The summed E-state index contributed by atoms with van der Waals surface area (Å²) in [5.74, 6) is -5.28. The molecule has 34 heavy (non-hydrogen) atoms. The molecule has 0 fully saturated rings. The van der Waals surface area contributed by atoms with Crippen LogP contribution >= 0.6 is 11.3 Å². The number of carbonyl (C=O) groups excluding carboxylic acids is 3. The van der Waals surface area contributed by atoms with E-state index in [1.807, 2.05) is 0 Å². The molecule has 1 aromatic carbocycles. The first-order chi connectivity index (χ1) is 16.0. The van der Waals surface area contributed by atoms with Crippen LogP contribution in [-0.4, -0.2) is 45.2 Å². The number of hydrogen-bond donors (Lipinski definition) is 1. The van der Waals surface area contributed by atoms with E-state index in [1.165, 1.54) is 11.3 Å². The van der Waals surface area contributed by atoms with E-state index in [1.54, 1.807) is 6.92 Å². The topological polar surface area (TPSA) is 116 Å². The minimum Gasteiger partial charge on any atom is -0.462 e. The van der Waals surface area contributed by atoms with Crippen molar-refractivity contribution in [2.24, 2.45) is 5.92 Å². The van der Waals surface area contributed by atoms with E-state index in [0.717, 1.165) is 47.5 Å². The van der Waals surface area contributed by atoms with Gasteiger partial charge in [0.2, 0.25) is 9.84 Å². The second-order valence-corrected chi connectivity index (χ2v) is 10.8. The molecule has 2 aromatic rings. The summed E-state index contributed by atoms with van der Waals surface area (Å²) < 4.78 is 58.2. The number of esters is 2. The van der Waals surface area contributed by atoms with Crippen molar-refractivity contribution in [1.82, 2.24) is 0 Å². The lowest BCUT2D eigenvalue weighted by atomic mass is 9.88. The fourth-order valence-electron chi connectivity index (χ4n) is 3.52. The smallest absolute Gasteiger partial charge is 0.341 e. The van der Waals surface area contributed by atoms with E-state index < -0.39 is 44.9 Å². The summed E-state index contributed by atoms with van der Waals surface area (Å²) in [7, 11) is -4.79. The summed E-state index contributed by atoms with van der Waals surface area (Å²) in [6.07, 6.45) is 2.40. The van der Waals surface area contributed by atoms with Crippen molar-refractivity contribution < 1.29 is 41.1 Å². The van der Waals surface area contributed by atoms with Gasteiger partial charge in [0.25, 0.3) is 5.91 Å². The minimum absolute atomic E-state index is 0.117. The first-order valence-corrected chi connectivity index (χ1v) is 12.8. The Morgan fingerprint density at radius 2 is 1.82 bits per heavy atom. The molecule has 1 unspecified atom stereocenters. The zero-order chi connectivity index (χ0) is 25.0. The van der Waals surface area contributed by atoms with E-state index in [9.17, 15) is 31.6 Å². The summed E-state index contributed by atoms with van der Waals surface area (Å²) in [6.45, 7) is 3.31. The Hall–Kier alpha value is -2.86. The zero-order valence-corrected chi connectivity index (χ0v) is 20.1. The van der Waals surface area contributed by atoms with Crippen LogP contribution in [-0.2, 0) is 36.9 Å². The van der Waals surface area contributed by atoms with Gasteiger partial charge in [-0.05, 0) is 61.9 Å². The van der Waals surface area contributed by atoms with E-state index in [-0.39, 0.29) is 12.2 Å². The van der Waals surface area contributed by atoms with Crippen LogP contribution in [0.4, 0.5) is 13.8 Å². The second kappa shape index (κ2) is 10.6. The third kappa shape index (κ3) is 5.61. The molecule has 184 valence electrons. The molecule has 1 aliphatic rings. The lowest BCUT2D eigenvalue weighted by Gasteiger charge is -2.18. The number of halogens is 2. The van der Waals surface area contributed by atoms with Gasteiger partial charge < -0.3 is 14.8 Å². The van der Waals surface area contributed by atoms with Gasteiger partial charge in [-0.1, -0.05) is 6.92 Å². The summed E-state index contributed by atoms with van der Waals surface area (Å²) in [6, 6.07) is 3.76. The molecule has 0 spiro atoms. The molecule has 1 N–H and O–H groups in total. The van der Waals surface area contributed by atoms with Crippen molar-refractivity contribution >= 4 is 44.0 Å². The van der Waals surface area contributed by atoms with Gasteiger partial charge in [0.15, 0.2) is 6.61 Å². The van der Waals surface area contributed by atoms with E-state index in [4.69, 9.17) is 9.47 Å². The van der Waals surface area contributed by atoms with Gasteiger partial charge in [-0.15, -0.1) is 11.3 Å². The van der Waals surface area contributed by atoms with Gasteiger partial charge in [-0.2, -0.15) is 8.78 Å². The number of fused-ring (bicyclic) bond motifs is 1. The fraction of sp³-hybridized carbons (Fsp3) is 0.409. The monoisotopic (exact) mass is 515 g/mol. The third-order valence-electron chi connectivity index (χ3n) is 5.23. The number of hydrogen-bond acceptors (Lipinski definition) is 8. The maximum Gasteiger partial charge on any atom is 0.341 e. The SMILES string of the molecule is CCOC(=O)c1c(NC(=O)COC(=O)c2ccc(S(=O)(=O)C(F)F)cc2)sc2c1CCC(C)C2. The van der Waals surface area contributed by atoms with Crippen molar-refractivity contribution in [2.45, 2.75) is 43.8 Å². The number of amides is 1. The Morgan fingerprint density at radius 3 is 2.44 bits per heavy atom. The quantitative estimate of drug-likeness (QED) is 0.531. The van der Waals surface area contributed by atoms with Gasteiger partial charge in [-0.3, -0.25) is 4.79 Å². The van der Waals surface area contributed by atoms with E-state index in [2.05, 4.69) is 12.2 Å². The Bertz CT molecular complexity index is 1190. The molecule has 0 radical (unpaired) electrons. The van der Waals surface area contributed by atoms with Gasteiger partial charge in [-0.25, -0.2) is 18.0 Å². The highest BCUT2D eigenvalue weighted by molar-refractivity contribution is 7.91. The van der Waals surface area contributed by atoms with Crippen LogP contribution in [0, 0.1) is 5.92 Å². The lowest BCUT2D eigenvalue weighted by Crippen LogP contribution is -2.22. The highest BCUT2D eigenvalue weighted by atomic mass is 32.2. The largest absolute Gasteiger partial charge is 0.462 e. The standard InChI is InChI=1S/C22H23F2NO7S2/c1-3-31-21(28)18-15-9-4-12(2)10-16(15)33-19(18)25-17(26)11-32-20(27)13-5-7-14(8-6-13)34(29,30)22(23)24/h5-8,12,22H,3-4,9-11H2,1-2H3,(H,25,26). The molecular weight excluding hydrogens is 492 g/mol. The maximum atomic E-state index is 12.6. The number of ether oxygens (including phenoxy) is 2. The van der Waals surface area contributed by atoms with Crippen molar-refractivity contribution in [3.05, 3.63) is 45.8 Å². The second-order valence-electron chi connectivity index (χ2n) is 7.73. The highest BCUT2D eigenvalue weighted by Gasteiger charge is 2.29. The van der Waals surface area contributed by atoms with Crippen LogP contribution in [0.25, 0.3) is 0 Å². The molecule has 0 bridgehead atoms. The fourth-order valence-corrected chi connectivity index (χ4v) is 5.65. The molecule has 0 aliphatic heterocycles. The Balaban J connectivity index is 1.67. The normalized spacial score (nSPS) is 15.5. The van der Waals surface area contributed by atoms with Crippen LogP contribution in [0.1, 0.15) is 51.4 Å². The minimum atomic E-state index is -4.79. The molecule has 1 heterocycles. The van der Waals surface area contributed by atoms with Crippen molar-refractivity contribution in [2.75, 3.05) is 18.5 Å². The molecule has 8 nitrogen and oxygen atoms in total. The number of nitrogens with one attached hydrogen (secondary N) is 1. The highest BCUT2D eigenvalue weighted by Crippen LogP contribution is 2.40. The summed E-state index contributed by atoms with van der Waals surface area (Å²) in [4.78, 5) is 37.5. The average molecular weight is 516 g/mol. The molecule has 1 amide bonds. The Kier molecular flexibility index (Phi) is 8.03. The van der Waals surface area contributed by atoms with Crippen molar-refractivity contribution in [1.29, 1.82) is 0 Å². The van der Waals surface area contributed by atoms with Gasteiger partial charge in [0, 0.05) is 4.88 Å². The molecule has 0 saturated carbocycles. The maximum absolute atomic E-state index is 12.6. The van der Waals surface area contributed by atoms with E-state index in [0.29, 0.717) is 22.9 Å². The molecule has 1 aliphatic carbocycles. The van der Waals surface area contributed by atoms with Crippen LogP contribution in [0.2, 0.25) is 0 Å². The first-order valence-electron chi connectivity index (χ1n) is 10.4. The number of carbonyl (C=O) groups is 3. The molecule has 0 saturated heterocycles. The first kappa shape index (κ1) is 25.8. The summed E-state index contributed by atoms with van der Waals surface area (Å²) in [5.41, 5.74) is 1.07. The Labute approximate surface area is 199 Å². The molecule has 1 atom stereocenters. The van der Waals surface area contributed by atoms with Crippen molar-refractivity contribution in [3.63, 3.8) is 0 Å². The van der Waals surface area contributed by atoms with Crippen LogP contribution in [0.15, 0.2) is 29.2 Å². The Morgan fingerprint density at radius 1 is 1.15 bits per heavy atom. The van der Waals surface area contributed by atoms with Gasteiger partial charge in [0.1, 0.15) is 5.00 Å². The van der Waals surface area contributed by atoms with Crippen LogP contribution in [0.3, 0.4) is 0 Å². The molecule has 3 rings (SSSR count). The molecule has 1 aromatic heterocycles. The summed E-state index contributed by atoms with van der Waals surface area (Å²) in [5, 5.41) is 2.94. The number of thiophene rings is 1. The number of sulfone groups is 1. The predicted octanol–water partition coefficient (Wildman–Crippen LogP) is 3.84. The van der Waals surface area contributed by atoms with Crippen LogP contribution < -0.4 is 5.32 Å². The zero-order valence-electron chi connectivity index (χ0n) is 18.4. The third-order valence-corrected chi connectivity index (χ3v) is 7.80. The number of alkyl halides is 2. The van der Waals surface area contributed by atoms with Crippen molar-refractivity contribution in [3.8, 4) is 0 Å². The number of anilines is 1. The van der Waals surface area contributed by atoms with E-state index >= 15 is 0 Å². The number of benzene rings is 1.